The maximum Gasteiger partial charge on any atom is 0.311 e. The highest BCUT2D eigenvalue weighted by atomic mass is 16.4. The van der Waals surface area contributed by atoms with Crippen molar-refractivity contribution in [3.63, 3.8) is 0 Å². The number of hydrazine groups is 1. The van der Waals surface area contributed by atoms with Gasteiger partial charge in [-0.1, -0.05) is 0 Å². The second-order valence-corrected chi connectivity index (χ2v) is 1.92. The van der Waals surface area contributed by atoms with Crippen molar-refractivity contribution >= 4 is 11.8 Å². The van der Waals surface area contributed by atoms with Crippen LogP contribution in [0.3, 0.4) is 0 Å². The lowest BCUT2D eigenvalue weighted by atomic mass is 10.4. The first-order chi connectivity index (χ1) is 5.06. The summed E-state index contributed by atoms with van der Waals surface area (Å²) >= 11 is 0. The Morgan fingerprint density at radius 2 is 2.27 bits per heavy atom. The number of amidine groups is 1. The van der Waals surface area contributed by atoms with E-state index in [0.717, 1.165) is 5.12 Å². The molecule has 0 aliphatic rings. The van der Waals surface area contributed by atoms with E-state index in [9.17, 15) is 4.79 Å². The molecule has 6 nitrogen and oxygen atoms in total. The van der Waals surface area contributed by atoms with Gasteiger partial charge in [-0.3, -0.25) is 4.79 Å². The molecular weight excluding hydrogens is 148 g/mol. The zero-order valence-electron chi connectivity index (χ0n) is 6.32. The maximum absolute atomic E-state index is 10.1. The second-order valence-electron chi connectivity index (χ2n) is 1.92. The van der Waals surface area contributed by atoms with Crippen LogP contribution >= 0.6 is 0 Å². The Morgan fingerprint density at radius 1 is 1.73 bits per heavy atom. The third kappa shape index (κ3) is 5.16. The molecule has 5 N–H and O–H groups in total. The summed E-state index contributed by atoms with van der Waals surface area (Å²) in [6, 6.07) is 0. The van der Waals surface area contributed by atoms with Crippen LogP contribution in [0.15, 0.2) is 5.10 Å². The van der Waals surface area contributed by atoms with Crippen molar-refractivity contribution in [1.82, 2.24) is 5.12 Å². The van der Waals surface area contributed by atoms with Gasteiger partial charge in [-0.2, -0.15) is 0 Å². The Kier molecular flexibility index (Phi) is 3.97. The van der Waals surface area contributed by atoms with Crippen molar-refractivity contribution in [2.45, 2.75) is 13.3 Å². The Morgan fingerprint density at radius 3 is 2.64 bits per heavy atom. The van der Waals surface area contributed by atoms with E-state index in [0.29, 0.717) is 6.54 Å². The van der Waals surface area contributed by atoms with Gasteiger partial charge in [0.05, 0.1) is 6.54 Å². The predicted molar refractivity (Wildman–Crippen MR) is 40.4 cm³/mol. The minimum atomic E-state index is -1.02. The number of nitrogens with two attached hydrogens (primary N) is 2. The average Bonchev–Trinajstić information content (AvgIpc) is 1.85. The van der Waals surface area contributed by atoms with Crippen LogP contribution in [-0.2, 0) is 4.79 Å². The van der Waals surface area contributed by atoms with Crippen LogP contribution in [0.1, 0.15) is 13.3 Å². The zero-order chi connectivity index (χ0) is 8.85. The molecule has 0 heterocycles. The van der Waals surface area contributed by atoms with Gasteiger partial charge >= 0.3 is 5.97 Å². The Balaban J connectivity index is 3.89. The molecule has 0 unspecified atom stereocenters. The molecule has 0 aromatic rings. The van der Waals surface area contributed by atoms with Crippen molar-refractivity contribution in [2.75, 3.05) is 6.54 Å². The number of hydrogen-bond acceptors (Lipinski definition) is 4. The van der Waals surface area contributed by atoms with E-state index < -0.39 is 5.97 Å². The summed E-state index contributed by atoms with van der Waals surface area (Å²) in [4.78, 5) is 10.1. The molecule has 0 fully saturated rings. The number of carboxylic acid groups (broad SMARTS) is 1. The molecule has 0 saturated heterocycles. The van der Waals surface area contributed by atoms with Gasteiger partial charge in [-0.15, -0.1) is 5.10 Å². The zero-order valence-corrected chi connectivity index (χ0v) is 6.32. The third-order valence-corrected chi connectivity index (χ3v) is 0.913. The highest BCUT2D eigenvalue weighted by molar-refractivity contribution is 5.95. The number of aliphatic carboxylic acids is 1. The van der Waals surface area contributed by atoms with E-state index in [1.54, 1.807) is 6.92 Å². The molecule has 6 heteroatoms. The third-order valence-electron chi connectivity index (χ3n) is 0.913. The maximum atomic E-state index is 10.1. The quantitative estimate of drug-likeness (QED) is 0.210. The van der Waals surface area contributed by atoms with Gasteiger partial charge in [-0.25, -0.2) is 11.0 Å². The van der Waals surface area contributed by atoms with Crippen LogP contribution in [0.4, 0.5) is 0 Å². The number of hydrogen-bond donors (Lipinski definition) is 3. The fourth-order valence-corrected chi connectivity index (χ4v) is 0.426. The van der Waals surface area contributed by atoms with Crippen LogP contribution in [-0.4, -0.2) is 28.6 Å². The molecule has 64 valence electrons. The lowest BCUT2D eigenvalue weighted by molar-refractivity contribution is -0.135. The van der Waals surface area contributed by atoms with Gasteiger partial charge in [0.15, 0.2) is 0 Å². The summed E-state index contributed by atoms with van der Waals surface area (Å²) in [5.74, 6) is 4.21. The van der Waals surface area contributed by atoms with E-state index in [1.165, 1.54) is 0 Å². The lowest BCUT2D eigenvalue weighted by Crippen LogP contribution is -2.29. The van der Waals surface area contributed by atoms with Crippen molar-refractivity contribution in [1.29, 1.82) is 0 Å². The molecule has 0 aliphatic heterocycles. The Hall–Kier alpha value is -1.30. The van der Waals surface area contributed by atoms with Crippen molar-refractivity contribution < 1.29 is 9.90 Å². The molecule has 0 amide bonds. The molecule has 0 aliphatic carbocycles. The molecule has 0 radical (unpaired) electrons. The van der Waals surface area contributed by atoms with Crippen LogP contribution < -0.4 is 11.6 Å². The largest absolute Gasteiger partial charge is 0.481 e. The first-order valence-corrected chi connectivity index (χ1v) is 3.13. The van der Waals surface area contributed by atoms with Gasteiger partial charge in [0.1, 0.15) is 12.3 Å². The van der Waals surface area contributed by atoms with Crippen LogP contribution in [0.25, 0.3) is 0 Å². The molecule has 0 spiro atoms. The highest BCUT2D eigenvalue weighted by Gasteiger charge is 2.01. The minimum Gasteiger partial charge on any atom is -0.481 e. The summed E-state index contributed by atoms with van der Waals surface area (Å²) in [5, 5.41) is 12.9. The molecule has 11 heavy (non-hydrogen) atoms. The van der Waals surface area contributed by atoms with E-state index in [4.69, 9.17) is 16.7 Å². The van der Waals surface area contributed by atoms with E-state index >= 15 is 0 Å². The van der Waals surface area contributed by atoms with Crippen LogP contribution in [0.2, 0.25) is 0 Å². The van der Waals surface area contributed by atoms with Crippen molar-refractivity contribution in [2.24, 2.45) is 16.7 Å². The number of rotatable bonds is 4. The molecule has 0 aromatic carbocycles. The van der Waals surface area contributed by atoms with E-state index in [1.807, 2.05) is 0 Å². The molecule has 0 aromatic heterocycles. The monoisotopic (exact) mass is 160 g/mol. The summed E-state index contributed by atoms with van der Waals surface area (Å²) in [6.07, 6.45) is -0.284. The molecule has 0 rings (SSSR count). The Labute approximate surface area is 64.4 Å². The number of nitrogens with zero attached hydrogens (tertiary/aromatic N) is 2. The molecular formula is C5H12N4O2. The van der Waals surface area contributed by atoms with Crippen LogP contribution in [0.5, 0.6) is 0 Å². The second kappa shape index (κ2) is 4.51. The van der Waals surface area contributed by atoms with E-state index in [2.05, 4.69) is 5.10 Å². The normalized spacial score (nSPS) is 11.3. The summed E-state index contributed by atoms with van der Waals surface area (Å²) in [5.41, 5.74) is 5.20. The fraction of sp³-hybridized carbons (Fsp3) is 0.600. The Bertz CT molecular complexity index is 168. The summed E-state index contributed by atoms with van der Waals surface area (Å²) < 4.78 is 0. The molecule has 0 bridgehead atoms. The summed E-state index contributed by atoms with van der Waals surface area (Å²) in [7, 11) is 0. The fourth-order valence-electron chi connectivity index (χ4n) is 0.426. The van der Waals surface area contributed by atoms with Crippen molar-refractivity contribution in [3.8, 4) is 0 Å². The average molecular weight is 160 g/mol. The van der Waals surface area contributed by atoms with Gasteiger partial charge in [0.2, 0.25) is 0 Å². The molecule has 0 atom stereocenters. The van der Waals surface area contributed by atoms with Gasteiger partial charge in [-0.05, 0) is 6.92 Å². The van der Waals surface area contributed by atoms with Gasteiger partial charge < -0.3 is 10.8 Å². The SMILES string of the molecule is CCN(N)/N=C(\N)CC(=O)O. The first-order valence-electron chi connectivity index (χ1n) is 3.13. The number of carboxylic acids is 1. The topological polar surface area (TPSA) is 105 Å². The standard InChI is InChI=1S/C5H12N4O2/c1-2-9(7)8-4(6)3-5(10)11/h2-3,7H2,1H3,(H2,6,8)(H,10,11). The number of carbonyl (C=O) groups is 1. The van der Waals surface area contributed by atoms with Gasteiger partial charge in [0.25, 0.3) is 0 Å². The van der Waals surface area contributed by atoms with Crippen molar-refractivity contribution in [3.05, 3.63) is 0 Å². The van der Waals surface area contributed by atoms with Gasteiger partial charge in [0, 0.05) is 0 Å². The lowest BCUT2D eigenvalue weighted by Gasteiger charge is -2.08. The smallest absolute Gasteiger partial charge is 0.311 e. The highest BCUT2D eigenvalue weighted by Crippen LogP contribution is 1.83. The van der Waals surface area contributed by atoms with E-state index in [-0.39, 0.29) is 12.3 Å². The van der Waals surface area contributed by atoms with Crippen LogP contribution in [0, 0.1) is 0 Å². The molecule has 0 saturated carbocycles. The minimum absolute atomic E-state index is 0.00171. The summed E-state index contributed by atoms with van der Waals surface area (Å²) in [6.45, 7) is 2.26. The first kappa shape index (κ1) is 9.70. The number of hydrazone groups is 1. The predicted octanol–water partition coefficient (Wildman–Crippen LogP) is -1.07.